The van der Waals surface area contributed by atoms with Gasteiger partial charge in [-0.2, -0.15) is 0 Å². The lowest BCUT2D eigenvalue weighted by Crippen LogP contribution is -2.55. The first-order chi connectivity index (χ1) is 15.0. The van der Waals surface area contributed by atoms with Crippen molar-refractivity contribution in [3.8, 4) is 0 Å². The van der Waals surface area contributed by atoms with Gasteiger partial charge < -0.3 is 25.4 Å². The summed E-state index contributed by atoms with van der Waals surface area (Å²) in [5, 5.41) is 24.7. The topological polar surface area (TPSA) is 134 Å². The lowest BCUT2D eigenvalue weighted by molar-refractivity contribution is -0.125. The van der Waals surface area contributed by atoms with E-state index >= 15 is 0 Å². The molecule has 0 radical (unpaired) electrons. The summed E-state index contributed by atoms with van der Waals surface area (Å²) >= 11 is 0. The Morgan fingerprint density at radius 2 is 1.94 bits per heavy atom. The number of hydrogen-bond acceptors (Lipinski definition) is 7. The molecule has 0 bridgehead atoms. The Balaban J connectivity index is 1.57. The molecule has 0 spiro atoms. The molecule has 1 aliphatic rings. The van der Waals surface area contributed by atoms with E-state index in [4.69, 9.17) is 4.74 Å². The average Bonchev–Trinajstić information content (AvgIpc) is 3.61. The van der Waals surface area contributed by atoms with Crippen molar-refractivity contribution in [1.82, 2.24) is 20.6 Å². The van der Waals surface area contributed by atoms with Crippen molar-refractivity contribution in [2.24, 2.45) is 0 Å². The maximum absolute atomic E-state index is 12.8. The molecule has 4 N–H and O–H groups in total. The summed E-state index contributed by atoms with van der Waals surface area (Å²) in [5.41, 5.74) is 1.21. The number of carbonyl (C=O) groups excluding carboxylic acids is 2. The molecule has 0 aliphatic heterocycles. The first-order valence-corrected chi connectivity index (χ1v) is 10.4. The van der Waals surface area contributed by atoms with Gasteiger partial charge >= 0.3 is 7.12 Å². The highest BCUT2D eigenvalue weighted by atomic mass is 16.5. The summed E-state index contributed by atoms with van der Waals surface area (Å²) in [6.45, 7) is -0.0131. The molecule has 1 heterocycles. The summed E-state index contributed by atoms with van der Waals surface area (Å²) in [5.74, 6) is -1.97. The van der Waals surface area contributed by atoms with Crippen LogP contribution in [0, 0.1) is 0 Å². The van der Waals surface area contributed by atoms with Gasteiger partial charge in [0.25, 0.3) is 5.91 Å². The Bertz CT molecular complexity index is 836. The van der Waals surface area contributed by atoms with Crippen LogP contribution in [0.3, 0.4) is 0 Å². The second-order valence-corrected chi connectivity index (χ2v) is 7.56. The fraction of sp³-hybridized carbons (Fsp3) is 0.429. The van der Waals surface area contributed by atoms with E-state index in [1.54, 1.807) is 0 Å². The van der Waals surface area contributed by atoms with Crippen LogP contribution in [0.15, 0.2) is 48.9 Å². The third-order valence-corrected chi connectivity index (χ3v) is 4.95. The van der Waals surface area contributed by atoms with Gasteiger partial charge in [-0.05, 0) is 37.7 Å². The maximum Gasteiger partial charge on any atom is 0.475 e. The van der Waals surface area contributed by atoms with Crippen LogP contribution in [0.25, 0.3) is 0 Å². The minimum Gasteiger partial charge on any atom is -0.426 e. The van der Waals surface area contributed by atoms with E-state index in [1.807, 2.05) is 30.3 Å². The zero-order valence-corrected chi connectivity index (χ0v) is 17.2. The molecule has 3 rings (SSSR count). The van der Waals surface area contributed by atoms with Crippen LogP contribution in [0.2, 0.25) is 0 Å². The molecule has 1 aromatic carbocycles. The van der Waals surface area contributed by atoms with Crippen molar-refractivity contribution < 1.29 is 24.4 Å². The Hall–Kier alpha value is -2.82. The number of carbonyl (C=O) groups is 2. The number of hydrogen-bond donors (Lipinski definition) is 4. The molecule has 31 heavy (non-hydrogen) atoms. The Morgan fingerprint density at radius 1 is 1.16 bits per heavy atom. The number of aromatic nitrogens is 2. The zero-order chi connectivity index (χ0) is 22.1. The van der Waals surface area contributed by atoms with E-state index in [0.29, 0.717) is 12.8 Å². The molecule has 2 amide bonds. The van der Waals surface area contributed by atoms with E-state index in [-0.39, 0.29) is 18.4 Å². The monoisotopic (exact) mass is 426 g/mol. The number of ether oxygens (including phenoxy) is 1. The highest BCUT2D eigenvalue weighted by molar-refractivity contribution is 6.43. The molecule has 10 heteroatoms. The van der Waals surface area contributed by atoms with E-state index < -0.39 is 30.9 Å². The number of benzene rings is 1. The van der Waals surface area contributed by atoms with Crippen molar-refractivity contribution in [3.63, 3.8) is 0 Å². The smallest absolute Gasteiger partial charge is 0.426 e. The minimum atomic E-state index is -1.72. The van der Waals surface area contributed by atoms with Gasteiger partial charge in [0, 0.05) is 12.4 Å². The Labute approximate surface area is 181 Å². The van der Waals surface area contributed by atoms with E-state index in [1.165, 1.54) is 18.6 Å². The first kappa shape index (κ1) is 22.9. The minimum absolute atomic E-state index is 0.0131. The average molecular weight is 426 g/mol. The molecule has 1 fully saturated rings. The van der Waals surface area contributed by atoms with Crippen LogP contribution in [0.1, 0.15) is 41.7 Å². The quantitative estimate of drug-likeness (QED) is 0.358. The number of rotatable bonds is 12. The van der Waals surface area contributed by atoms with Crippen LogP contribution in [0.5, 0.6) is 0 Å². The standard InChI is InChI=1S/C21H27BN4O5/c27-20(17-13-23-11-12-24-17)25-18(14-31-16-9-10-16)21(28)26-19(22(29)30)8-4-7-15-5-2-1-3-6-15/h1-3,5-6,11-13,16,18-19,29-30H,4,7-10,14H2,(H,25,27)(H,26,28)/t18-,19+/m1/s1. The van der Waals surface area contributed by atoms with Crippen LogP contribution in [0.4, 0.5) is 0 Å². The number of nitrogens with one attached hydrogen (secondary N) is 2. The Kier molecular flexibility index (Phi) is 8.51. The van der Waals surface area contributed by atoms with Crippen molar-refractivity contribution in [2.45, 2.75) is 50.2 Å². The normalized spacial score (nSPS) is 15.0. The van der Waals surface area contributed by atoms with Crippen molar-refractivity contribution in [1.29, 1.82) is 0 Å². The second kappa shape index (κ2) is 11.5. The van der Waals surface area contributed by atoms with E-state index in [2.05, 4.69) is 20.6 Å². The van der Waals surface area contributed by atoms with Gasteiger partial charge in [0.15, 0.2) is 0 Å². The summed E-state index contributed by atoms with van der Waals surface area (Å²) in [6.07, 6.45) is 7.83. The number of aryl methyl sites for hydroxylation is 1. The summed E-state index contributed by atoms with van der Waals surface area (Å²) in [7, 11) is -1.72. The highest BCUT2D eigenvalue weighted by Crippen LogP contribution is 2.23. The molecule has 0 unspecified atom stereocenters. The molecule has 2 atom stereocenters. The molecule has 2 aromatic rings. The maximum atomic E-state index is 12.8. The fourth-order valence-electron chi connectivity index (χ4n) is 3.05. The molecule has 164 valence electrons. The van der Waals surface area contributed by atoms with Crippen LogP contribution >= 0.6 is 0 Å². The highest BCUT2D eigenvalue weighted by Gasteiger charge is 2.31. The molecule has 1 aromatic heterocycles. The van der Waals surface area contributed by atoms with Gasteiger partial charge in [0.1, 0.15) is 11.7 Å². The summed E-state index contributed by atoms with van der Waals surface area (Å²) in [4.78, 5) is 33.0. The molecule has 9 nitrogen and oxygen atoms in total. The third kappa shape index (κ3) is 7.74. The van der Waals surface area contributed by atoms with Crippen LogP contribution < -0.4 is 10.6 Å². The van der Waals surface area contributed by atoms with E-state index in [0.717, 1.165) is 24.8 Å². The summed E-state index contributed by atoms with van der Waals surface area (Å²) < 4.78 is 5.62. The molecule has 1 saturated carbocycles. The fourth-order valence-corrected chi connectivity index (χ4v) is 3.05. The van der Waals surface area contributed by atoms with Gasteiger partial charge in [-0.1, -0.05) is 30.3 Å². The van der Waals surface area contributed by atoms with Gasteiger partial charge in [-0.25, -0.2) is 4.98 Å². The largest absolute Gasteiger partial charge is 0.475 e. The van der Waals surface area contributed by atoms with Gasteiger partial charge in [-0.3, -0.25) is 14.6 Å². The summed E-state index contributed by atoms with van der Waals surface area (Å²) in [6, 6.07) is 8.82. The predicted molar refractivity (Wildman–Crippen MR) is 114 cm³/mol. The molecular formula is C21H27BN4O5. The third-order valence-electron chi connectivity index (χ3n) is 4.95. The van der Waals surface area contributed by atoms with Gasteiger partial charge in [0.05, 0.1) is 24.8 Å². The SMILES string of the molecule is O=C(N[C@H](COC1CC1)C(=O)N[C@@H](CCCc1ccccc1)B(O)O)c1cnccn1. The van der Waals surface area contributed by atoms with Crippen LogP contribution in [-0.4, -0.2) is 63.6 Å². The lowest BCUT2D eigenvalue weighted by atomic mass is 9.76. The Morgan fingerprint density at radius 3 is 2.58 bits per heavy atom. The van der Waals surface area contributed by atoms with Crippen molar-refractivity contribution in [2.75, 3.05) is 6.61 Å². The van der Waals surface area contributed by atoms with Crippen molar-refractivity contribution >= 4 is 18.9 Å². The molecule has 1 aliphatic carbocycles. The predicted octanol–water partition coefficient (Wildman–Crippen LogP) is 0.274. The van der Waals surface area contributed by atoms with Crippen LogP contribution in [-0.2, 0) is 16.0 Å². The van der Waals surface area contributed by atoms with Gasteiger partial charge in [-0.15, -0.1) is 0 Å². The second-order valence-electron chi connectivity index (χ2n) is 7.56. The van der Waals surface area contributed by atoms with Gasteiger partial charge in [0.2, 0.25) is 5.91 Å². The molecular weight excluding hydrogens is 399 g/mol. The first-order valence-electron chi connectivity index (χ1n) is 10.4. The van der Waals surface area contributed by atoms with Crippen molar-refractivity contribution in [3.05, 3.63) is 60.2 Å². The zero-order valence-electron chi connectivity index (χ0n) is 17.2. The number of amides is 2. The molecule has 0 saturated heterocycles. The number of nitrogens with zero attached hydrogens (tertiary/aromatic N) is 2. The van der Waals surface area contributed by atoms with E-state index in [9.17, 15) is 19.6 Å². The lowest BCUT2D eigenvalue weighted by Gasteiger charge is -2.23.